The standard InChI is InChI=1S/C28H29N3O3/c1-20(32)23-13-8-14-25(19-23)30-28(34)26(21-9-4-2-5-10-21)31-17-15-24(16-18-31)29-27(33)22-11-6-3-7-12-22/h2-14,19,24,26H,15-18H2,1H3,(H,29,33)(H,30,34). The van der Waals surface area contributed by atoms with Crippen LogP contribution in [0.3, 0.4) is 0 Å². The summed E-state index contributed by atoms with van der Waals surface area (Å²) in [4.78, 5) is 39.8. The molecule has 34 heavy (non-hydrogen) atoms. The number of hydrogen-bond donors (Lipinski definition) is 2. The fourth-order valence-corrected chi connectivity index (χ4v) is 4.35. The van der Waals surface area contributed by atoms with Crippen LogP contribution in [0, 0.1) is 0 Å². The van der Waals surface area contributed by atoms with E-state index < -0.39 is 6.04 Å². The van der Waals surface area contributed by atoms with Crippen molar-refractivity contribution in [2.24, 2.45) is 0 Å². The van der Waals surface area contributed by atoms with Gasteiger partial charge in [0.15, 0.2) is 5.78 Å². The molecule has 0 aliphatic carbocycles. The lowest BCUT2D eigenvalue weighted by molar-refractivity contribution is -0.122. The van der Waals surface area contributed by atoms with Crippen molar-refractivity contribution in [1.29, 1.82) is 0 Å². The predicted molar refractivity (Wildman–Crippen MR) is 133 cm³/mol. The molecule has 1 aliphatic rings. The first-order valence-corrected chi connectivity index (χ1v) is 11.6. The van der Waals surface area contributed by atoms with Crippen LogP contribution in [0.15, 0.2) is 84.9 Å². The Labute approximate surface area is 200 Å². The molecule has 1 saturated heterocycles. The van der Waals surface area contributed by atoms with Gasteiger partial charge in [0.1, 0.15) is 6.04 Å². The third-order valence-corrected chi connectivity index (χ3v) is 6.17. The normalized spacial score (nSPS) is 15.3. The number of amides is 2. The molecular formula is C28H29N3O3. The number of rotatable bonds is 7. The van der Waals surface area contributed by atoms with Crippen molar-refractivity contribution in [2.75, 3.05) is 18.4 Å². The molecule has 1 atom stereocenters. The summed E-state index contributed by atoms with van der Waals surface area (Å²) in [6, 6.07) is 25.5. The van der Waals surface area contributed by atoms with E-state index in [-0.39, 0.29) is 23.6 Å². The summed E-state index contributed by atoms with van der Waals surface area (Å²) in [5.74, 6) is -0.254. The van der Waals surface area contributed by atoms with Crippen molar-refractivity contribution >= 4 is 23.3 Å². The minimum Gasteiger partial charge on any atom is -0.349 e. The van der Waals surface area contributed by atoms with Crippen LogP contribution >= 0.6 is 0 Å². The van der Waals surface area contributed by atoms with Gasteiger partial charge in [-0.2, -0.15) is 0 Å². The van der Waals surface area contributed by atoms with Crippen molar-refractivity contribution < 1.29 is 14.4 Å². The molecule has 0 aromatic heterocycles. The lowest BCUT2D eigenvalue weighted by atomic mass is 9.98. The monoisotopic (exact) mass is 455 g/mol. The Morgan fingerprint density at radius 3 is 2.09 bits per heavy atom. The molecule has 2 amide bonds. The number of Topliss-reactive ketones (excluding diaryl/α,β-unsaturated/α-hetero) is 1. The maximum absolute atomic E-state index is 13.4. The molecule has 0 saturated carbocycles. The van der Waals surface area contributed by atoms with Crippen LogP contribution < -0.4 is 10.6 Å². The minimum atomic E-state index is -0.465. The highest BCUT2D eigenvalue weighted by Gasteiger charge is 2.31. The number of piperidine rings is 1. The first kappa shape index (κ1) is 23.4. The van der Waals surface area contributed by atoms with Gasteiger partial charge in [0, 0.05) is 35.9 Å². The number of anilines is 1. The Morgan fingerprint density at radius 2 is 1.44 bits per heavy atom. The largest absolute Gasteiger partial charge is 0.349 e. The van der Waals surface area contributed by atoms with E-state index in [0.717, 1.165) is 18.4 Å². The second-order valence-corrected chi connectivity index (χ2v) is 8.59. The zero-order valence-corrected chi connectivity index (χ0v) is 19.2. The third-order valence-electron chi connectivity index (χ3n) is 6.17. The summed E-state index contributed by atoms with van der Waals surface area (Å²) in [6.45, 7) is 2.87. The fraction of sp³-hybridized carbons (Fsp3) is 0.250. The summed E-state index contributed by atoms with van der Waals surface area (Å²) >= 11 is 0. The molecule has 0 radical (unpaired) electrons. The van der Waals surface area contributed by atoms with Crippen molar-refractivity contribution in [1.82, 2.24) is 10.2 Å². The molecule has 4 rings (SSSR count). The van der Waals surface area contributed by atoms with Crippen LogP contribution in [-0.2, 0) is 4.79 Å². The van der Waals surface area contributed by atoms with Crippen LogP contribution in [0.2, 0.25) is 0 Å². The first-order valence-electron chi connectivity index (χ1n) is 11.6. The molecule has 1 heterocycles. The highest BCUT2D eigenvalue weighted by Crippen LogP contribution is 2.27. The fourth-order valence-electron chi connectivity index (χ4n) is 4.35. The van der Waals surface area contributed by atoms with Crippen LogP contribution in [0.4, 0.5) is 5.69 Å². The van der Waals surface area contributed by atoms with Crippen LogP contribution in [0.25, 0.3) is 0 Å². The molecule has 1 unspecified atom stereocenters. The molecule has 3 aromatic rings. The Balaban J connectivity index is 1.45. The zero-order valence-electron chi connectivity index (χ0n) is 19.2. The summed E-state index contributed by atoms with van der Waals surface area (Å²) in [6.07, 6.45) is 1.52. The van der Waals surface area contributed by atoms with Crippen LogP contribution in [-0.4, -0.2) is 41.6 Å². The number of ketones is 1. The topological polar surface area (TPSA) is 78.5 Å². The van der Waals surface area contributed by atoms with Crippen LogP contribution in [0.1, 0.15) is 52.1 Å². The predicted octanol–water partition coefficient (Wildman–Crippen LogP) is 4.46. The number of nitrogens with zero attached hydrogens (tertiary/aromatic N) is 1. The molecule has 0 spiro atoms. The quantitative estimate of drug-likeness (QED) is 0.516. The molecule has 0 bridgehead atoms. The number of nitrogens with one attached hydrogen (secondary N) is 2. The van der Waals surface area contributed by atoms with Gasteiger partial charge < -0.3 is 10.6 Å². The van der Waals surface area contributed by atoms with E-state index in [2.05, 4.69) is 15.5 Å². The van der Waals surface area contributed by atoms with E-state index in [1.54, 1.807) is 36.4 Å². The Hall–Kier alpha value is -3.77. The Morgan fingerprint density at radius 1 is 0.824 bits per heavy atom. The van der Waals surface area contributed by atoms with Crippen molar-refractivity contribution in [3.05, 3.63) is 102 Å². The molecular weight excluding hydrogens is 426 g/mol. The lowest BCUT2D eigenvalue weighted by Gasteiger charge is -2.37. The van der Waals surface area contributed by atoms with Crippen LogP contribution in [0.5, 0.6) is 0 Å². The summed E-state index contributed by atoms with van der Waals surface area (Å²) < 4.78 is 0. The van der Waals surface area contributed by atoms with Gasteiger partial charge in [-0.1, -0.05) is 60.7 Å². The summed E-state index contributed by atoms with van der Waals surface area (Å²) in [7, 11) is 0. The number of likely N-dealkylation sites (tertiary alicyclic amines) is 1. The van der Waals surface area contributed by atoms with E-state index in [1.807, 2.05) is 48.5 Å². The first-order chi connectivity index (χ1) is 16.5. The SMILES string of the molecule is CC(=O)c1cccc(NC(=O)C(c2ccccc2)N2CCC(NC(=O)c3ccccc3)CC2)c1. The molecule has 6 heteroatoms. The average molecular weight is 456 g/mol. The summed E-state index contributed by atoms with van der Waals surface area (Å²) in [5, 5.41) is 6.12. The maximum atomic E-state index is 13.4. The Bertz CT molecular complexity index is 1140. The van der Waals surface area contributed by atoms with E-state index in [1.165, 1.54) is 6.92 Å². The van der Waals surface area contributed by atoms with Crippen molar-refractivity contribution in [2.45, 2.75) is 31.8 Å². The molecule has 174 valence electrons. The van der Waals surface area contributed by atoms with Gasteiger partial charge in [0.2, 0.25) is 5.91 Å². The maximum Gasteiger partial charge on any atom is 0.251 e. The highest BCUT2D eigenvalue weighted by molar-refractivity contribution is 5.99. The second kappa shape index (κ2) is 10.9. The molecule has 1 aliphatic heterocycles. The van der Waals surface area contributed by atoms with Gasteiger partial charge in [0.05, 0.1) is 0 Å². The second-order valence-electron chi connectivity index (χ2n) is 8.59. The minimum absolute atomic E-state index is 0.0460. The van der Waals surface area contributed by atoms with Gasteiger partial charge in [-0.3, -0.25) is 19.3 Å². The van der Waals surface area contributed by atoms with Gasteiger partial charge in [-0.05, 0) is 49.6 Å². The van der Waals surface area contributed by atoms with Gasteiger partial charge in [-0.25, -0.2) is 0 Å². The van der Waals surface area contributed by atoms with Gasteiger partial charge >= 0.3 is 0 Å². The number of carbonyl (C=O) groups excluding carboxylic acids is 3. The van der Waals surface area contributed by atoms with Gasteiger partial charge in [0.25, 0.3) is 5.91 Å². The molecule has 6 nitrogen and oxygen atoms in total. The van der Waals surface area contributed by atoms with E-state index >= 15 is 0 Å². The van der Waals surface area contributed by atoms with Crippen molar-refractivity contribution in [3.63, 3.8) is 0 Å². The van der Waals surface area contributed by atoms with E-state index in [0.29, 0.717) is 29.9 Å². The Kier molecular flexibility index (Phi) is 7.50. The van der Waals surface area contributed by atoms with Gasteiger partial charge in [-0.15, -0.1) is 0 Å². The smallest absolute Gasteiger partial charge is 0.251 e. The number of hydrogen-bond acceptors (Lipinski definition) is 4. The molecule has 2 N–H and O–H groups in total. The van der Waals surface area contributed by atoms with E-state index in [4.69, 9.17) is 0 Å². The lowest BCUT2D eigenvalue weighted by Crippen LogP contribution is -2.48. The molecule has 3 aromatic carbocycles. The van der Waals surface area contributed by atoms with Crippen molar-refractivity contribution in [3.8, 4) is 0 Å². The third kappa shape index (κ3) is 5.77. The number of benzene rings is 3. The van der Waals surface area contributed by atoms with E-state index in [9.17, 15) is 14.4 Å². The molecule has 1 fully saturated rings. The number of carbonyl (C=O) groups is 3. The average Bonchev–Trinajstić information content (AvgIpc) is 2.86. The highest BCUT2D eigenvalue weighted by atomic mass is 16.2. The summed E-state index contributed by atoms with van der Waals surface area (Å²) in [5.41, 5.74) is 2.72. The zero-order chi connectivity index (χ0) is 23.9.